The minimum atomic E-state index is -0.971. The number of likely N-dealkylation sites (N-methyl/N-ethyl adjacent to an activating group) is 1. The van der Waals surface area contributed by atoms with Crippen LogP contribution in [0.15, 0.2) is 42.5 Å². The van der Waals surface area contributed by atoms with Crippen molar-refractivity contribution >= 4 is 29.2 Å². The van der Waals surface area contributed by atoms with Crippen LogP contribution in [-0.4, -0.2) is 42.5 Å². The number of hydrogen-bond donors (Lipinski definition) is 0. The highest BCUT2D eigenvalue weighted by molar-refractivity contribution is 6.31. The maximum absolute atomic E-state index is 12.2. The summed E-state index contributed by atoms with van der Waals surface area (Å²) >= 11 is 5.71. The second kappa shape index (κ2) is 9.00. The molecule has 142 valence electrons. The Morgan fingerprint density at radius 3 is 2.63 bits per heavy atom. The van der Waals surface area contributed by atoms with Crippen molar-refractivity contribution in [3.8, 4) is 5.75 Å². The summed E-state index contributed by atoms with van der Waals surface area (Å²) < 4.78 is 10.0. The van der Waals surface area contributed by atoms with Crippen LogP contribution in [0.3, 0.4) is 0 Å². The van der Waals surface area contributed by atoms with E-state index in [0.717, 1.165) is 11.6 Å². The van der Waals surface area contributed by atoms with Crippen molar-refractivity contribution in [1.82, 2.24) is 4.90 Å². The van der Waals surface area contributed by atoms with Gasteiger partial charge in [-0.2, -0.15) is 0 Å². The number of ether oxygens (including phenoxy) is 2. The van der Waals surface area contributed by atoms with Crippen LogP contribution in [-0.2, 0) is 16.1 Å². The minimum Gasteiger partial charge on any atom is -0.497 e. The first-order valence-electron chi connectivity index (χ1n) is 7.79. The number of amides is 1. The van der Waals surface area contributed by atoms with E-state index in [1.807, 2.05) is 6.07 Å². The molecule has 0 N–H and O–H groups in total. The highest BCUT2D eigenvalue weighted by atomic mass is 35.5. The van der Waals surface area contributed by atoms with E-state index in [0.29, 0.717) is 5.75 Å². The first-order valence-corrected chi connectivity index (χ1v) is 8.17. The van der Waals surface area contributed by atoms with E-state index >= 15 is 0 Å². The Morgan fingerprint density at radius 2 is 1.96 bits per heavy atom. The molecule has 8 nitrogen and oxygen atoms in total. The Balaban J connectivity index is 1.98. The van der Waals surface area contributed by atoms with Gasteiger partial charge in [0.15, 0.2) is 6.61 Å². The number of nitro benzene ring substituents is 1. The topological polar surface area (TPSA) is 99.0 Å². The molecular formula is C18H17ClN2O6. The number of hydrogen-bond acceptors (Lipinski definition) is 6. The summed E-state index contributed by atoms with van der Waals surface area (Å²) in [6.45, 7) is -0.256. The number of nitro groups is 1. The van der Waals surface area contributed by atoms with Crippen LogP contribution >= 0.6 is 11.6 Å². The summed E-state index contributed by atoms with van der Waals surface area (Å²) in [6.07, 6.45) is 0. The van der Waals surface area contributed by atoms with E-state index in [1.54, 1.807) is 32.4 Å². The third kappa shape index (κ3) is 5.42. The molecule has 0 spiro atoms. The molecule has 0 saturated carbocycles. The van der Waals surface area contributed by atoms with Gasteiger partial charge >= 0.3 is 5.97 Å². The number of esters is 1. The molecule has 27 heavy (non-hydrogen) atoms. The predicted molar refractivity (Wildman–Crippen MR) is 97.9 cm³/mol. The lowest BCUT2D eigenvalue weighted by molar-refractivity contribution is -0.385. The predicted octanol–water partition coefficient (Wildman–Crippen LogP) is 3.07. The van der Waals surface area contributed by atoms with Crippen molar-refractivity contribution in [2.24, 2.45) is 0 Å². The molecule has 2 rings (SSSR count). The molecule has 9 heteroatoms. The molecule has 0 aliphatic carbocycles. The van der Waals surface area contributed by atoms with Crippen molar-refractivity contribution in [2.75, 3.05) is 20.8 Å². The fourth-order valence-corrected chi connectivity index (χ4v) is 2.44. The molecule has 0 aliphatic heterocycles. The molecule has 0 unspecified atom stereocenters. The third-order valence-corrected chi connectivity index (χ3v) is 3.92. The van der Waals surface area contributed by atoms with Crippen molar-refractivity contribution < 1.29 is 24.0 Å². The summed E-state index contributed by atoms with van der Waals surface area (Å²) in [5.74, 6) is -0.765. The molecule has 0 bridgehead atoms. The van der Waals surface area contributed by atoms with Gasteiger partial charge in [0, 0.05) is 24.7 Å². The molecule has 0 atom stereocenters. The van der Waals surface area contributed by atoms with Gasteiger partial charge in [-0.3, -0.25) is 14.9 Å². The van der Waals surface area contributed by atoms with E-state index in [4.69, 9.17) is 21.1 Å². The zero-order valence-electron chi connectivity index (χ0n) is 14.7. The summed E-state index contributed by atoms with van der Waals surface area (Å²) in [4.78, 5) is 35.9. The highest BCUT2D eigenvalue weighted by Crippen LogP contribution is 2.24. The van der Waals surface area contributed by atoms with Crippen LogP contribution in [0, 0.1) is 10.1 Å². The second-order valence-electron chi connectivity index (χ2n) is 5.60. The van der Waals surface area contributed by atoms with Crippen LogP contribution in [0.2, 0.25) is 5.02 Å². The van der Waals surface area contributed by atoms with Gasteiger partial charge in [-0.25, -0.2) is 4.79 Å². The van der Waals surface area contributed by atoms with Gasteiger partial charge in [0.1, 0.15) is 11.3 Å². The first-order chi connectivity index (χ1) is 12.8. The van der Waals surface area contributed by atoms with Gasteiger partial charge in [-0.1, -0.05) is 23.7 Å². The number of nitrogens with zero attached hydrogens (tertiary/aromatic N) is 2. The third-order valence-electron chi connectivity index (χ3n) is 3.68. The maximum Gasteiger partial charge on any atom is 0.345 e. The van der Waals surface area contributed by atoms with Crippen LogP contribution < -0.4 is 4.74 Å². The molecular weight excluding hydrogens is 376 g/mol. The summed E-state index contributed by atoms with van der Waals surface area (Å²) in [6, 6.07) is 10.8. The number of rotatable bonds is 7. The zero-order valence-corrected chi connectivity index (χ0v) is 15.4. The Labute approximate surface area is 160 Å². The van der Waals surface area contributed by atoms with Crippen molar-refractivity contribution in [3.05, 3.63) is 68.7 Å². The number of halogens is 1. The minimum absolute atomic E-state index is 0.118. The van der Waals surface area contributed by atoms with E-state index in [-0.39, 0.29) is 17.1 Å². The molecule has 0 heterocycles. The Kier molecular flexibility index (Phi) is 6.73. The van der Waals surface area contributed by atoms with Crippen molar-refractivity contribution in [1.29, 1.82) is 0 Å². The Bertz CT molecular complexity index is 871. The lowest BCUT2D eigenvalue weighted by Crippen LogP contribution is -2.30. The first kappa shape index (κ1) is 20.2. The van der Waals surface area contributed by atoms with Crippen LogP contribution in [0.4, 0.5) is 5.69 Å². The fourth-order valence-electron chi connectivity index (χ4n) is 2.28. The largest absolute Gasteiger partial charge is 0.497 e. The molecule has 0 aromatic heterocycles. The molecule has 0 radical (unpaired) electrons. The number of methoxy groups -OCH3 is 1. The van der Waals surface area contributed by atoms with Gasteiger partial charge < -0.3 is 14.4 Å². The summed E-state index contributed by atoms with van der Waals surface area (Å²) in [5, 5.41) is 11.2. The van der Waals surface area contributed by atoms with Crippen LogP contribution in [0.25, 0.3) is 0 Å². The monoisotopic (exact) mass is 392 g/mol. The standard InChI is InChI=1S/C18H17ClN2O6/c1-20(10-12-4-3-5-14(8-12)26-2)17(22)11-27-18(23)15-7-6-13(19)9-16(15)21(24)25/h3-9H,10-11H2,1-2H3. The van der Waals surface area contributed by atoms with Gasteiger partial charge in [0.2, 0.25) is 0 Å². The lowest BCUT2D eigenvalue weighted by Gasteiger charge is -2.17. The maximum atomic E-state index is 12.2. The number of benzene rings is 2. The smallest absolute Gasteiger partial charge is 0.345 e. The number of carbonyl (C=O) groups is 2. The molecule has 0 aliphatic rings. The highest BCUT2D eigenvalue weighted by Gasteiger charge is 2.23. The average molecular weight is 393 g/mol. The second-order valence-corrected chi connectivity index (χ2v) is 6.03. The Morgan fingerprint density at radius 1 is 1.22 bits per heavy atom. The van der Waals surface area contributed by atoms with Gasteiger partial charge in [-0.05, 0) is 29.8 Å². The Hall–Kier alpha value is -3.13. The average Bonchev–Trinajstić information content (AvgIpc) is 2.65. The van der Waals surface area contributed by atoms with Crippen LogP contribution in [0.5, 0.6) is 5.75 Å². The van der Waals surface area contributed by atoms with E-state index < -0.39 is 29.1 Å². The van der Waals surface area contributed by atoms with E-state index in [1.165, 1.54) is 17.0 Å². The molecule has 0 saturated heterocycles. The number of carbonyl (C=O) groups excluding carboxylic acids is 2. The van der Waals surface area contributed by atoms with E-state index in [9.17, 15) is 19.7 Å². The summed E-state index contributed by atoms with van der Waals surface area (Å²) in [5.41, 5.74) is 0.0854. The van der Waals surface area contributed by atoms with Gasteiger partial charge in [0.05, 0.1) is 12.0 Å². The molecule has 2 aromatic carbocycles. The molecule has 0 fully saturated rings. The SMILES string of the molecule is COc1cccc(CN(C)C(=O)COC(=O)c2ccc(Cl)cc2[N+](=O)[O-])c1. The molecule has 1 amide bonds. The lowest BCUT2D eigenvalue weighted by atomic mass is 10.2. The quantitative estimate of drug-likeness (QED) is 0.408. The van der Waals surface area contributed by atoms with Crippen molar-refractivity contribution in [2.45, 2.75) is 6.54 Å². The summed E-state index contributed by atoms with van der Waals surface area (Å²) in [7, 11) is 3.10. The van der Waals surface area contributed by atoms with Gasteiger partial charge in [-0.15, -0.1) is 0 Å². The van der Waals surface area contributed by atoms with E-state index in [2.05, 4.69) is 0 Å². The normalized spacial score (nSPS) is 10.2. The van der Waals surface area contributed by atoms with Gasteiger partial charge in [0.25, 0.3) is 11.6 Å². The van der Waals surface area contributed by atoms with Crippen LogP contribution in [0.1, 0.15) is 15.9 Å². The van der Waals surface area contributed by atoms with Crippen molar-refractivity contribution in [3.63, 3.8) is 0 Å². The fraction of sp³-hybridized carbons (Fsp3) is 0.222. The molecule has 2 aromatic rings. The zero-order chi connectivity index (χ0) is 20.0.